The third-order valence-electron chi connectivity index (χ3n) is 8.28. The van der Waals surface area contributed by atoms with Crippen LogP contribution in [0, 0.1) is 35.3 Å². The van der Waals surface area contributed by atoms with Gasteiger partial charge in [-0.2, -0.15) is 0 Å². The van der Waals surface area contributed by atoms with Crippen LogP contribution in [-0.2, 0) is 4.74 Å². The van der Waals surface area contributed by atoms with E-state index in [1.54, 1.807) is 0 Å². The zero-order valence-electron chi connectivity index (χ0n) is 19.0. The molecule has 0 radical (unpaired) electrons. The second kappa shape index (κ2) is 10.5. The molecule has 4 rings (SSSR count). The van der Waals surface area contributed by atoms with Crippen molar-refractivity contribution in [3.05, 3.63) is 42.0 Å². The Morgan fingerprint density at radius 3 is 2.10 bits per heavy atom. The minimum absolute atomic E-state index is 0.105. The van der Waals surface area contributed by atoms with Crippen LogP contribution in [0.5, 0.6) is 5.75 Å². The third-order valence-corrected chi connectivity index (χ3v) is 8.28. The van der Waals surface area contributed by atoms with Gasteiger partial charge in [0.15, 0.2) is 17.4 Å². The summed E-state index contributed by atoms with van der Waals surface area (Å²) < 4.78 is 39.8. The molecule has 0 bridgehead atoms. The summed E-state index contributed by atoms with van der Waals surface area (Å²) in [5, 5.41) is 0. The monoisotopic (exact) mass is 432 g/mol. The molecular formula is C27H38F2O2. The molecule has 1 aromatic rings. The first-order valence-corrected chi connectivity index (χ1v) is 12.4. The smallest absolute Gasteiger partial charge is 0.191 e. The molecule has 3 aliphatic rings. The predicted octanol–water partition coefficient (Wildman–Crippen LogP) is 7.42. The van der Waals surface area contributed by atoms with Gasteiger partial charge < -0.3 is 9.47 Å². The fourth-order valence-corrected chi connectivity index (χ4v) is 6.72. The predicted molar refractivity (Wildman–Crippen MR) is 120 cm³/mol. The number of benzene rings is 1. The van der Waals surface area contributed by atoms with Gasteiger partial charge in [0, 0.05) is 6.61 Å². The van der Waals surface area contributed by atoms with Gasteiger partial charge in [-0.15, -0.1) is 0 Å². The lowest BCUT2D eigenvalue weighted by Gasteiger charge is -2.45. The van der Waals surface area contributed by atoms with E-state index < -0.39 is 11.6 Å². The van der Waals surface area contributed by atoms with E-state index in [-0.39, 0.29) is 18.3 Å². The van der Waals surface area contributed by atoms with E-state index in [1.807, 2.05) is 0 Å². The van der Waals surface area contributed by atoms with E-state index >= 15 is 0 Å². The van der Waals surface area contributed by atoms with Gasteiger partial charge >= 0.3 is 0 Å². The van der Waals surface area contributed by atoms with E-state index in [0.29, 0.717) is 6.10 Å². The Bertz CT molecular complexity index is 718. The molecule has 4 unspecified atom stereocenters. The SMILES string of the molecule is C=CCOc1c(F)cc(C2CCC(C3CCC4CC(OCC)CCC4C3)CC2)cc1F. The molecule has 0 aliphatic heterocycles. The summed E-state index contributed by atoms with van der Waals surface area (Å²) in [5.74, 6) is 2.16. The second-order valence-electron chi connectivity index (χ2n) is 10.0. The lowest BCUT2D eigenvalue weighted by molar-refractivity contribution is -0.0205. The highest BCUT2D eigenvalue weighted by Gasteiger charge is 2.39. The first-order chi connectivity index (χ1) is 15.1. The molecule has 3 fully saturated rings. The summed E-state index contributed by atoms with van der Waals surface area (Å²) in [4.78, 5) is 0. The summed E-state index contributed by atoms with van der Waals surface area (Å²) in [6.07, 6.45) is 14.4. The molecule has 0 amide bonds. The standard InChI is InChI=1S/C27H38F2O2/c1-3-13-31-27-25(28)16-23(17-26(27)29)19-7-5-18(6-8-19)20-9-10-22-15-24(30-4-2)12-11-21(22)14-20/h3,16-22,24H,1,4-15H2,2H3. The van der Waals surface area contributed by atoms with Gasteiger partial charge in [-0.25, -0.2) is 8.78 Å². The van der Waals surface area contributed by atoms with Crippen LogP contribution in [0.3, 0.4) is 0 Å². The number of hydrogen-bond acceptors (Lipinski definition) is 2. The van der Waals surface area contributed by atoms with Crippen LogP contribution in [0.15, 0.2) is 24.8 Å². The molecule has 31 heavy (non-hydrogen) atoms. The Labute approximate surface area is 186 Å². The van der Waals surface area contributed by atoms with Gasteiger partial charge in [0.1, 0.15) is 6.61 Å². The zero-order valence-corrected chi connectivity index (χ0v) is 19.0. The quantitative estimate of drug-likeness (QED) is 0.417. The van der Waals surface area contributed by atoms with Crippen LogP contribution >= 0.6 is 0 Å². The van der Waals surface area contributed by atoms with E-state index in [0.717, 1.165) is 48.7 Å². The Morgan fingerprint density at radius 2 is 1.45 bits per heavy atom. The average Bonchev–Trinajstić information content (AvgIpc) is 2.78. The molecule has 0 saturated heterocycles. The average molecular weight is 433 g/mol. The number of ether oxygens (including phenoxy) is 2. The highest BCUT2D eigenvalue weighted by atomic mass is 19.1. The van der Waals surface area contributed by atoms with Gasteiger partial charge in [0.2, 0.25) is 0 Å². The fraction of sp³-hybridized carbons (Fsp3) is 0.704. The molecule has 1 aromatic carbocycles. The van der Waals surface area contributed by atoms with Crippen molar-refractivity contribution in [1.82, 2.24) is 0 Å². The number of hydrogen-bond donors (Lipinski definition) is 0. The summed E-state index contributed by atoms with van der Waals surface area (Å²) >= 11 is 0. The zero-order chi connectivity index (χ0) is 21.8. The van der Waals surface area contributed by atoms with Crippen molar-refractivity contribution < 1.29 is 18.3 Å². The maximum absolute atomic E-state index is 14.4. The van der Waals surface area contributed by atoms with Crippen LogP contribution in [0.25, 0.3) is 0 Å². The van der Waals surface area contributed by atoms with Crippen LogP contribution in [0.4, 0.5) is 8.78 Å². The van der Waals surface area contributed by atoms with Crippen LogP contribution in [-0.4, -0.2) is 19.3 Å². The van der Waals surface area contributed by atoms with Gasteiger partial charge in [0.25, 0.3) is 0 Å². The maximum atomic E-state index is 14.4. The first kappa shape index (κ1) is 22.8. The van der Waals surface area contributed by atoms with Crippen molar-refractivity contribution in [3.63, 3.8) is 0 Å². The molecule has 172 valence electrons. The highest BCUT2D eigenvalue weighted by Crippen LogP contribution is 2.49. The number of halogens is 2. The van der Waals surface area contributed by atoms with Crippen molar-refractivity contribution in [2.24, 2.45) is 23.7 Å². The Kier molecular flexibility index (Phi) is 7.68. The molecule has 3 saturated carbocycles. The summed E-state index contributed by atoms with van der Waals surface area (Å²) in [5.41, 5.74) is 0.789. The van der Waals surface area contributed by atoms with Gasteiger partial charge in [-0.05, 0) is 118 Å². The Hall–Kier alpha value is -1.42. The molecule has 0 N–H and O–H groups in total. The second-order valence-corrected chi connectivity index (χ2v) is 10.0. The lowest BCUT2D eigenvalue weighted by atomic mass is 9.62. The van der Waals surface area contributed by atoms with Crippen molar-refractivity contribution in [3.8, 4) is 5.75 Å². The topological polar surface area (TPSA) is 18.5 Å². The molecular weight excluding hydrogens is 394 g/mol. The normalized spacial score (nSPS) is 33.5. The van der Waals surface area contributed by atoms with Crippen molar-refractivity contribution in [2.45, 2.75) is 83.2 Å². The van der Waals surface area contributed by atoms with E-state index in [4.69, 9.17) is 9.47 Å². The van der Waals surface area contributed by atoms with Crippen molar-refractivity contribution in [1.29, 1.82) is 0 Å². The van der Waals surface area contributed by atoms with Crippen LogP contribution in [0.2, 0.25) is 0 Å². The molecule has 4 atom stereocenters. The number of rotatable bonds is 7. The molecule has 4 heteroatoms. The van der Waals surface area contributed by atoms with Crippen LogP contribution in [0.1, 0.15) is 82.6 Å². The molecule has 0 heterocycles. The maximum Gasteiger partial charge on any atom is 0.191 e. The largest absolute Gasteiger partial charge is 0.483 e. The lowest BCUT2D eigenvalue weighted by Crippen LogP contribution is -2.36. The Balaban J connectivity index is 1.30. The highest BCUT2D eigenvalue weighted by molar-refractivity contribution is 5.33. The molecule has 0 spiro atoms. The van der Waals surface area contributed by atoms with Crippen LogP contribution < -0.4 is 4.74 Å². The summed E-state index contributed by atoms with van der Waals surface area (Å²) in [7, 11) is 0. The first-order valence-electron chi connectivity index (χ1n) is 12.4. The molecule has 2 nitrogen and oxygen atoms in total. The van der Waals surface area contributed by atoms with E-state index in [9.17, 15) is 8.78 Å². The van der Waals surface area contributed by atoms with Gasteiger partial charge in [-0.3, -0.25) is 0 Å². The van der Waals surface area contributed by atoms with E-state index in [1.165, 1.54) is 69.6 Å². The number of fused-ring (bicyclic) bond motifs is 1. The van der Waals surface area contributed by atoms with E-state index in [2.05, 4.69) is 13.5 Å². The molecule has 3 aliphatic carbocycles. The Morgan fingerprint density at radius 1 is 0.871 bits per heavy atom. The van der Waals surface area contributed by atoms with Crippen molar-refractivity contribution in [2.75, 3.05) is 13.2 Å². The summed E-state index contributed by atoms with van der Waals surface area (Å²) in [6.45, 7) is 6.58. The molecule has 0 aromatic heterocycles. The van der Waals surface area contributed by atoms with Gasteiger partial charge in [-0.1, -0.05) is 12.7 Å². The minimum atomic E-state index is -0.597. The third kappa shape index (κ3) is 5.32. The minimum Gasteiger partial charge on any atom is -0.483 e. The summed E-state index contributed by atoms with van der Waals surface area (Å²) in [6, 6.07) is 2.96. The van der Waals surface area contributed by atoms with Gasteiger partial charge in [0.05, 0.1) is 6.10 Å². The van der Waals surface area contributed by atoms with Crippen molar-refractivity contribution >= 4 is 0 Å². The fourth-order valence-electron chi connectivity index (χ4n) is 6.72.